The number of benzene rings is 1. The van der Waals surface area contributed by atoms with E-state index in [1.807, 2.05) is 17.0 Å². The molecule has 2 aliphatic rings. The number of hydrogen-bond acceptors (Lipinski definition) is 4. The molecule has 0 unspecified atom stereocenters. The Kier molecular flexibility index (Phi) is 4.55. The molecule has 0 aliphatic carbocycles. The highest BCUT2D eigenvalue weighted by Gasteiger charge is 2.49. The fourth-order valence-corrected chi connectivity index (χ4v) is 5.37. The first kappa shape index (κ1) is 18.5. The fraction of sp³-hybridized carbons (Fsp3) is 0.550. The summed E-state index contributed by atoms with van der Waals surface area (Å²) in [4.78, 5) is 18.3. The number of rotatable bonds is 5. The SMILES string of the molecule is CC[C@]1(CCOS(C)(=O)=O)CCC(=O)N2CCc3c([nH]c4ccccc34)[C@H]21. The van der Waals surface area contributed by atoms with E-state index in [4.69, 9.17) is 4.18 Å². The van der Waals surface area contributed by atoms with E-state index in [-0.39, 0.29) is 24.0 Å². The molecule has 0 radical (unpaired) electrons. The Labute approximate surface area is 160 Å². The molecule has 1 amide bonds. The molecular formula is C20H26N2O4S. The minimum atomic E-state index is -3.47. The summed E-state index contributed by atoms with van der Waals surface area (Å²) >= 11 is 0. The van der Waals surface area contributed by atoms with Crippen molar-refractivity contribution >= 4 is 26.9 Å². The van der Waals surface area contributed by atoms with E-state index >= 15 is 0 Å². The zero-order valence-corrected chi connectivity index (χ0v) is 16.6. The monoisotopic (exact) mass is 390 g/mol. The highest BCUT2D eigenvalue weighted by Crippen LogP contribution is 2.53. The third-order valence-corrected chi connectivity index (χ3v) is 6.97. The van der Waals surface area contributed by atoms with E-state index in [9.17, 15) is 13.2 Å². The van der Waals surface area contributed by atoms with Gasteiger partial charge in [-0.15, -0.1) is 0 Å². The summed E-state index contributed by atoms with van der Waals surface area (Å²) < 4.78 is 27.9. The minimum absolute atomic E-state index is 0.0527. The third kappa shape index (κ3) is 3.17. The van der Waals surface area contributed by atoms with Crippen LogP contribution in [0.4, 0.5) is 0 Å². The van der Waals surface area contributed by atoms with Crippen LogP contribution in [0.2, 0.25) is 0 Å². The summed E-state index contributed by atoms with van der Waals surface area (Å²) in [6.07, 6.45) is 4.67. The van der Waals surface area contributed by atoms with Gasteiger partial charge in [-0.05, 0) is 42.7 Å². The summed E-state index contributed by atoms with van der Waals surface area (Å²) in [5.74, 6) is 0.192. The Morgan fingerprint density at radius 3 is 2.81 bits per heavy atom. The minimum Gasteiger partial charge on any atom is -0.356 e. The van der Waals surface area contributed by atoms with Gasteiger partial charge < -0.3 is 9.88 Å². The van der Waals surface area contributed by atoms with Crippen LogP contribution in [0, 0.1) is 5.41 Å². The molecule has 6 nitrogen and oxygen atoms in total. The van der Waals surface area contributed by atoms with Crippen molar-refractivity contribution in [3.8, 4) is 0 Å². The molecule has 0 saturated carbocycles. The van der Waals surface area contributed by atoms with Gasteiger partial charge in [0.25, 0.3) is 10.1 Å². The summed E-state index contributed by atoms with van der Waals surface area (Å²) in [5, 5.41) is 1.22. The van der Waals surface area contributed by atoms with Gasteiger partial charge in [0.1, 0.15) is 0 Å². The molecule has 146 valence electrons. The average molecular weight is 391 g/mol. The predicted octanol–water partition coefficient (Wildman–Crippen LogP) is 3.15. The van der Waals surface area contributed by atoms with Gasteiger partial charge >= 0.3 is 0 Å². The van der Waals surface area contributed by atoms with Gasteiger partial charge in [0.2, 0.25) is 5.91 Å². The van der Waals surface area contributed by atoms with E-state index in [2.05, 4.69) is 24.0 Å². The lowest BCUT2D eigenvalue weighted by Gasteiger charge is -2.51. The van der Waals surface area contributed by atoms with Crippen molar-refractivity contribution in [2.45, 2.75) is 45.1 Å². The molecule has 7 heteroatoms. The maximum absolute atomic E-state index is 12.7. The second-order valence-corrected chi connectivity index (χ2v) is 9.44. The number of nitrogens with zero attached hydrogens (tertiary/aromatic N) is 1. The number of nitrogens with one attached hydrogen (secondary N) is 1. The highest BCUT2D eigenvalue weighted by molar-refractivity contribution is 7.85. The van der Waals surface area contributed by atoms with Crippen LogP contribution < -0.4 is 0 Å². The number of aromatic nitrogens is 1. The van der Waals surface area contributed by atoms with Gasteiger partial charge in [-0.3, -0.25) is 8.98 Å². The summed E-state index contributed by atoms with van der Waals surface area (Å²) in [6, 6.07) is 8.21. The average Bonchev–Trinajstić information content (AvgIpc) is 3.01. The first-order chi connectivity index (χ1) is 12.8. The number of aromatic amines is 1. The van der Waals surface area contributed by atoms with E-state index in [0.717, 1.165) is 36.7 Å². The van der Waals surface area contributed by atoms with Crippen molar-refractivity contribution in [1.29, 1.82) is 0 Å². The van der Waals surface area contributed by atoms with Crippen molar-refractivity contribution in [2.24, 2.45) is 5.41 Å². The molecule has 1 N–H and O–H groups in total. The fourth-order valence-electron chi connectivity index (χ4n) is 4.99. The van der Waals surface area contributed by atoms with Crippen LogP contribution in [0.5, 0.6) is 0 Å². The zero-order valence-electron chi connectivity index (χ0n) is 15.8. The second kappa shape index (κ2) is 6.63. The van der Waals surface area contributed by atoms with Crippen LogP contribution in [0.15, 0.2) is 24.3 Å². The topological polar surface area (TPSA) is 79.5 Å². The molecule has 1 aromatic carbocycles. The van der Waals surface area contributed by atoms with Crippen LogP contribution in [0.1, 0.15) is 49.9 Å². The molecule has 2 aliphatic heterocycles. The lowest BCUT2D eigenvalue weighted by atomic mass is 9.66. The Morgan fingerprint density at radius 2 is 2.07 bits per heavy atom. The van der Waals surface area contributed by atoms with Crippen LogP contribution in [-0.2, 0) is 25.5 Å². The van der Waals surface area contributed by atoms with Crippen molar-refractivity contribution in [2.75, 3.05) is 19.4 Å². The standard InChI is InChI=1S/C20H26N2O4S/c1-3-20(11-13-26-27(2,24)25)10-8-17(23)22-12-9-15-14-6-4-5-7-16(14)21-18(15)19(20)22/h4-7,19,21H,3,8-13H2,1-2H3/t19-,20+/m0/s1. The van der Waals surface area contributed by atoms with Crippen LogP contribution >= 0.6 is 0 Å². The molecule has 1 aromatic heterocycles. The molecule has 3 heterocycles. The van der Waals surface area contributed by atoms with Gasteiger partial charge in [-0.1, -0.05) is 25.1 Å². The van der Waals surface area contributed by atoms with Gasteiger partial charge in [-0.2, -0.15) is 8.42 Å². The van der Waals surface area contributed by atoms with Crippen molar-refractivity contribution in [3.05, 3.63) is 35.5 Å². The van der Waals surface area contributed by atoms with E-state index in [1.54, 1.807) is 0 Å². The number of amides is 1. The summed E-state index contributed by atoms with van der Waals surface area (Å²) in [5.41, 5.74) is 3.33. The molecule has 0 spiro atoms. The molecule has 2 aromatic rings. The Hall–Kier alpha value is -1.86. The Morgan fingerprint density at radius 1 is 1.30 bits per heavy atom. The number of H-pyrrole nitrogens is 1. The lowest BCUT2D eigenvalue weighted by Crippen LogP contribution is -2.52. The molecular weight excluding hydrogens is 364 g/mol. The van der Waals surface area contributed by atoms with E-state index in [1.165, 1.54) is 10.9 Å². The highest BCUT2D eigenvalue weighted by atomic mass is 32.2. The third-order valence-electron chi connectivity index (χ3n) is 6.37. The van der Waals surface area contributed by atoms with Crippen LogP contribution in [0.3, 0.4) is 0 Å². The van der Waals surface area contributed by atoms with Crippen LogP contribution in [0.25, 0.3) is 10.9 Å². The van der Waals surface area contributed by atoms with Crippen molar-refractivity contribution < 1.29 is 17.4 Å². The van der Waals surface area contributed by atoms with Gasteiger partial charge in [0, 0.05) is 29.6 Å². The van der Waals surface area contributed by atoms with Crippen molar-refractivity contribution in [1.82, 2.24) is 9.88 Å². The van der Waals surface area contributed by atoms with Gasteiger partial charge in [0.05, 0.1) is 18.9 Å². The smallest absolute Gasteiger partial charge is 0.264 e. The second-order valence-electron chi connectivity index (χ2n) is 7.79. The summed E-state index contributed by atoms with van der Waals surface area (Å²) in [6.45, 7) is 3.00. The normalized spacial score (nSPS) is 25.5. The molecule has 4 rings (SSSR count). The lowest BCUT2D eigenvalue weighted by molar-refractivity contribution is -0.146. The Bertz CT molecular complexity index is 981. The summed E-state index contributed by atoms with van der Waals surface area (Å²) in [7, 11) is -3.47. The van der Waals surface area contributed by atoms with E-state index in [0.29, 0.717) is 19.4 Å². The van der Waals surface area contributed by atoms with Gasteiger partial charge in [0.15, 0.2) is 0 Å². The quantitative estimate of drug-likeness (QED) is 0.796. The van der Waals surface area contributed by atoms with Gasteiger partial charge in [-0.25, -0.2) is 0 Å². The Balaban J connectivity index is 1.77. The molecule has 1 fully saturated rings. The number of carbonyl (C=O) groups excluding carboxylic acids is 1. The van der Waals surface area contributed by atoms with Crippen molar-refractivity contribution in [3.63, 3.8) is 0 Å². The molecule has 27 heavy (non-hydrogen) atoms. The molecule has 0 bridgehead atoms. The predicted molar refractivity (Wildman–Crippen MR) is 104 cm³/mol. The molecule has 1 saturated heterocycles. The maximum Gasteiger partial charge on any atom is 0.264 e. The largest absolute Gasteiger partial charge is 0.356 e. The number of hydrogen-bond donors (Lipinski definition) is 1. The van der Waals surface area contributed by atoms with E-state index < -0.39 is 10.1 Å². The number of carbonyl (C=O) groups is 1. The number of fused-ring (bicyclic) bond motifs is 5. The number of piperidine rings is 1. The first-order valence-corrected chi connectivity index (χ1v) is 11.4. The zero-order chi connectivity index (χ0) is 19.2. The maximum atomic E-state index is 12.7. The number of para-hydroxylation sites is 1. The van der Waals surface area contributed by atoms with Crippen LogP contribution in [-0.4, -0.2) is 43.6 Å². The molecule has 2 atom stereocenters. The first-order valence-electron chi connectivity index (χ1n) is 9.58.